The third-order valence-corrected chi connectivity index (χ3v) is 15.9. The molecule has 4 aliphatic rings. The first-order valence-corrected chi connectivity index (χ1v) is 25.7. The average Bonchev–Trinajstić information content (AvgIpc) is 4.09. The minimum atomic E-state index is -0.562. The summed E-state index contributed by atoms with van der Waals surface area (Å²) in [5.41, 5.74) is 18.9. The van der Waals surface area contributed by atoms with Crippen molar-refractivity contribution < 1.29 is 0 Å². The summed E-state index contributed by atoms with van der Waals surface area (Å²) in [7, 11) is 0. The lowest BCUT2D eigenvalue weighted by Crippen LogP contribution is -2.36. The van der Waals surface area contributed by atoms with E-state index >= 15 is 0 Å². The van der Waals surface area contributed by atoms with Gasteiger partial charge < -0.3 is 9.80 Å². The largest absolute Gasteiger partial charge is 0.315 e. The number of fused-ring (bicyclic) bond motifs is 12. The van der Waals surface area contributed by atoms with E-state index in [1.807, 2.05) is 12.1 Å². The number of benzene rings is 8. The van der Waals surface area contributed by atoms with Gasteiger partial charge >= 0.3 is 0 Å². The average molecular weight is 941 g/mol. The summed E-state index contributed by atoms with van der Waals surface area (Å²) < 4.78 is 2.47. The molecule has 2 aromatic heterocycles. The van der Waals surface area contributed by atoms with Crippen LogP contribution in [-0.4, -0.2) is 19.5 Å². The first-order chi connectivity index (χ1) is 36.1. The summed E-state index contributed by atoms with van der Waals surface area (Å²) in [5, 5.41) is 0. The molecule has 1 spiro atoms. The first kappa shape index (κ1) is 43.0. The molecule has 0 fully saturated rings. The van der Waals surface area contributed by atoms with Crippen molar-refractivity contribution in [3.05, 3.63) is 282 Å². The highest BCUT2D eigenvalue weighted by atomic mass is 15.2. The molecule has 350 valence electrons. The Hall–Kier alpha value is -8.87. The highest BCUT2D eigenvalue weighted by molar-refractivity contribution is 5.92. The third-order valence-electron chi connectivity index (χ3n) is 15.9. The molecule has 73 heavy (non-hydrogen) atoms. The fraction of sp³-hybridized carbons (Fsp3) is 0.119. The van der Waals surface area contributed by atoms with Crippen molar-refractivity contribution in [1.29, 1.82) is 0 Å². The molecule has 0 saturated heterocycles. The molecule has 10 aromatic rings. The molecule has 14 rings (SSSR count). The maximum absolute atomic E-state index is 5.55. The van der Waals surface area contributed by atoms with Crippen LogP contribution >= 0.6 is 0 Å². The van der Waals surface area contributed by atoms with Gasteiger partial charge in [0, 0.05) is 79.5 Å². The number of hydrogen-bond acceptors (Lipinski definition) is 5. The van der Waals surface area contributed by atoms with Crippen molar-refractivity contribution in [3.8, 4) is 40.0 Å². The maximum atomic E-state index is 5.55. The zero-order chi connectivity index (χ0) is 48.5. The van der Waals surface area contributed by atoms with E-state index in [0.29, 0.717) is 17.6 Å². The molecule has 8 aromatic carbocycles. The van der Waals surface area contributed by atoms with E-state index in [0.717, 1.165) is 41.8 Å². The Bertz CT molecular complexity index is 3600. The van der Waals surface area contributed by atoms with E-state index in [1.165, 1.54) is 67.5 Å². The van der Waals surface area contributed by atoms with Crippen LogP contribution in [0.4, 0.5) is 22.7 Å². The fourth-order valence-corrected chi connectivity index (χ4v) is 13.1. The lowest BCUT2D eigenvalue weighted by Gasteiger charge is -2.41. The van der Waals surface area contributed by atoms with Gasteiger partial charge in [-0.3, -0.25) is 4.57 Å². The second-order valence-corrected chi connectivity index (χ2v) is 19.9. The summed E-state index contributed by atoms with van der Waals surface area (Å²) in [4.78, 5) is 21.3. The third kappa shape index (κ3) is 6.81. The van der Waals surface area contributed by atoms with Crippen LogP contribution in [0, 0.1) is 5.92 Å². The van der Waals surface area contributed by atoms with Gasteiger partial charge in [0.1, 0.15) is 0 Å². The van der Waals surface area contributed by atoms with Crippen molar-refractivity contribution >= 4 is 28.8 Å². The number of aromatic nitrogens is 4. The van der Waals surface area contributed by atoms with Crippen molar-refractivity contribution in [2.75, 3.05) is 9.80 Å². The Labute approximate surface area is 427 Å². The molecular weight excluding hydrogens is 889 g/mol. The van der Waals surface area contributed by atoms with E-state index in [1.54, 1.807) is 0 Å². The minimum absolute atomic E-state index is 0.0633. The van der Waals surface area contributed by atoms with E-state index in [2.05, 4.69) is 252 Å². The molecule has 4 unspecified atom stereocenters. The zero-order valence-electron chi connectivity index (χ0n) is 40.6. The van der Waals surface area contributed by atoms with Crippen molar-refractivity contribution in [2.24, 2.45) is 5.92 Å². The Kier molecular flexibility index (Phi) is 10.3. The van der Waals surface area contributed by atoms with Crippen molar-refractivity contribution in [2.45, 2.75) is 43.4 Å². The lowest BCUT2D eigenvalue weighted by molar-refractivity contribution is 0.390. The molecule has 0 saturated carbocycles. The zero-order valence-corrected chi connectivity index (χ0v) is 40.6. The lowest BCUT2D eigenvalue weighted by atomic mass is 9.63. The summed E-state index contributed by atoms with van der Waals surface area (Å²) in [6.07, 6.45) is 7.99. The van der Waals surface area contributed by atoms with Gasteiger partial charge in [-0.1, -0.05) is 195 Å². The molecule has 0 bridgehead atoms. The second kappa shape index (κ2) is 17.5. The van der Waals surface area contributed by atoms with Gasteiger partial charge in [0.25, 0.3) is 0 Å². The summed E-state index contributed by atoms with van der Waals surface area (Å²) in [6, 6.07) is 83.0. The number of rotatable bonds is 9. The molecule has 0 aliphatic heterocycles. The van der Waals surface area contributed by atoms with Crippen LogP contribution in [0.25, 0.3) is 46.1 Å². The normalized spacial score (nSPS) is 18.9. The van der Waals surface area contributed by atoms with Crippen LogP contribution in [0.1, 0.15) is 71.5 Å². The number of anilines is 4. The molecule has 6 heteroatoms. The second-order valence-electron chi connectivity index (χ2n) is 19.9. The molecule has 4 atom stereocenters. The SMILES string of the molecule is CC1CC(N(c2ccccc2)c2ccccc2)=Cc2c3c(n(-c4nc(-c5ccccc5)nc(-c5ccccc5)n4)c21)-c1ccccc1C31c2ccccc2C2CCC(N(c3ccccc3)c3ccccc3)=CC21. The summed E-state index contributed by atoms with van der Waals surface area (Å²) in [5.74, 6) is 2.35. The fourth-order valence-electron chi connectivity index (χ4n) is 13.1. The van der Waals surface area contributed by atoms with E-state index in [-0.39, 0.29) is 17.8 Å². The maximum Gasteiger partial charge on any atom is 0.238 e. The standard InChI is InChI=1S/C67H52N6/c1-45-42-53(72(50-32-16-6-17-33-50)51-34-18-7-19-35-51)43-57-61-63(73(62(45)57)66-69-64(46-24-8-2-9-25-46)68-65(70-66)47-26-10-3-11-27-47)56-37-21-23-39-59(56)67(61)58-38-22-20-36-54(58)55-41-40-52(44-60(55)67)71(48-28-12-4-13-29-48)49-30-14-5-15-31-49/h2-39,43-45,55,60H,40-42H2,1H3. The number of allylic oxidation sites excluding steroid dienone is 3. The van der Waals surface area contributed by atoms with Gasteiger partial charge in [0.2, 0.25) is 5.95 Å². The van der Waals surface area contributed by atoms with Crippen LogP contribution in [0.3, 0.4) is 0 Å². The van der Waals surface area contributed by atoms with Crippen molar-refractivity contribution in [1.82, 2.24) is 19.5 Å². The van der Waals surface area contributed by atoms with Crippen LogP contribution in [0.5, 0.6) is 0 Å². The van der Waals surface area contributed by atoms with Crippen LogP contribution in [0.2, 0.25) is 0 Å². The summed E-state index contributed by atoms with van der Waals surface area (Å²) >= 11 is 0. The predicted octanol–water partition coefficient (Wildman–Crippen LogP) is 16.2. The summed E-state index contributed by atoms with van der Waals surface area (Å²) in [6.45, 7) is 2.41. The number of para-hydroxylation sites is 4. The quantitative estimate of drug-likeness (QED) is 0.144. The minimum Gasteiger partial charge on any atom is -0.315 e. The van der Waals surface area contributed by atoms with Gasteiger partial charge in [-0.25, -0.2) is 4.98 Å². The van der Waals surface area contributed by atoms with E-state index in [9.17, 15) is 0 Å². The number of hydrogen-bond donors (Lipinski definition) is 0. The van der Waals surface area contributed by atoms with Crippen LogP contribution in [0.15, 0.2) is 248 Å². The Morgan fingerprint density at radius 3 is 1.51 bits per heavy atom. The molecule has 0 N–H and O–H groups in total. The van der Waals surface area contributed by atoms with Gasteiger partial charge in [-0.05, 0) is 96.5 Å². The molecule has 0 amide bonds. The molecule has 4 aliphatic carbocycles. The number of nitrogens with zero attached hydrogens (tertiary/aromatic N) is 6. The highest BCUT2D eigenvalue weighted by Gasteiger charge is 2.61. The molecule has 6 nitrogen and oxygen atoms in total. The topological polar surface area (TPSA) is 50.1 Å². The predicted molar refractivity (Wildman–Crippen MR) is 296 cm³/mol. The van der Waals surface area contributed by atoms with Gasteiger partial charge in [-0.2, -0.15) is 9.97 Å². The van der Waals surface area contributed by atoms with Gasteiger partial charge in [-0.15, -0.1) is 0 Å². The van der Waals surface area contributed by atoms with E-state index in [4.69, 9.17) is 15.0 Å². The van der Waals surface area contributed by atoms with Gasteiger partial charge in [0.05, 0.1) is 11.1 Å². The molecule has 2 heterocycles. The smallest absolute Gasteiger partial charge is 0.238 e. The highest BCUT2D eigenvalue weighted by Crippen LogP contribution is 2.69. The van der Waals surface area contributed by atoms with Crippen LogP contribution < -0.4 is 9.80 Å². The first-order valence-electron chi connectivity index (χ1n) is 25.7. The molecule has 0 radical (unpaired) electrons. The van der Waals surface area contributed by atoms with Crippen molar-refractivity contribution in [3.63, 3.8) is 0 Å². The molecular formula is C67H52N6. The Morgan fingerprint density at radius 1 is 0.493 bits per heavy atom. The van der Waals surface area contributed by atoms with Crippen LogP contribution in [-0.2, 0) is 5.41 Å². The van der Waals surface area contributed by atoms with E-state index < -0.39 is 5.41 Å². The Morgan fingerprint density at radius 2 is 0.959 bits per heavy atom. The van der Waals surface area contributed by atoms with Gasteiger partial charge in [0.15, 0.2) is 11.6 Å². The monoisotopic (exact) mass is 940 g/mol. The Balaban J connectivity index is 1.10.